The van der Waals surface area contributed by atoms with Crippen molar-refractivity contribution in [2.24, 2.45) is 22.7 Å². The average molecular weight is 222 g/mol. The maximum atomic E-state index is 12.3. The summed E-state index contributed by atoms with van der Waals surface area (Å²) in [6, 6.07) is 0. The van der Waals surface area contributed by atoms with Gasteiger partial charge in [0.05, 0.1) is 0 Å². The van der Waals surface area contributed by atoms with Gasteiger partial charge >= 0.3 is 0 Å². The minimum Gasteiger partial charge on any atom is -0.300 e. The van der Waals surface area contributed by atoms with Gasteiger partial charge in [-0.2, -0.15) is 0 Å². The van der Waals surface area contributed by atoms with Gasteiger partial charge in [-0.1, -0.05) is 20.8 Å². The molecule has 0 bridgehead atoms. The molecule has 2 aliphatic carbocycles. The van der Waals surface area contributed by atoms with E-state index in [2.05, 4.69) is 20.8 Å². The van der Waals surface area contributed by atoms with E-state index in [1.165, 1.54) is 0 Å². The van der Waals surface area contributed by atoms with Crippen LogP contribution in [0.1, 0.15) is 53.4 Å². The molecule has 0 unspecified atom stereocenters. The number of Topliss-reactive ketones (excluding diaryl/α,β-unsaturated/α-hetero) is 2. The summed E-state index contributed by atoms with van der Waals surface area (Å²) in [6.07, 6.45) is 3.45. The van der Waals surface area contributed by atoms with Crippen molar-refractivity contribution in [3.05, 3.63) is 0 Å². The van der Waals surface area contributed by atoms with Crippen LogP contribution in [0.5, 0.6) is 0 Å². The first-order valence-corrected chi connectivity index (χ1v) is 6.33. The second kappa shape index (κ2) is 3.41. The molecule has 0 heterocycles. The van der Waals surface area contributed by atoms with E-state index >= 15 is 0 Å². The number of hydrogen-bond donors (Lipinski definition) is 0. The Balaban J connectivity index is 2.44. The molecule has 0 aliphatic heterocycles. The lowest BCUT2D eigenvalue weighted by Gasteiger charge is -2.33. The second-order valence-electron chi connectivity index (χ2n) is 6.61. The predicted octanol–water partition coefficient (Wildman–Crippen LogP) is 3.00. The van der Waals surface area contributed by atoms with Crippen molar-refractivity contribution in [1.29, 1.82) is 0 Å². The number of rotatable bonds is 1. The highest BCUT2D eigenvalue weighted by atomic mass is 16.1. The first-order valence-electron chi connectivity index (χ1n) is 6.33. The van der Waals surface area contributed by atoms with Gasteiger partial charge in [0.25, 0.3) is 0 Å². The fourth-order valence-corrected chi connectivity index (χ4v) is 4.15. The average Bonchev–Trinajstić information content (AvgIpc) is 2.59. The van der Waals surface area contributed by atoms with Crippen molar-refractivity contribution >= 4 is 11.6 Å². The molecule has 0 amide bonds. The smallest absolute Gasteiger partial charge is 0.140 e. The van der Waals surface area contributed by atoms with Gasteiger partial charge in [-0.3, -0.25) is 9.59 Å². The number of carbonyl (C=O) groups excluding carboxylic acids is 2. The third kappa shape index (κ3) is 1.46. The van der Waals surface area contributed by atoms with E-state index in [4.69, 9.17) is 0 Å². The first-order chi connectivity index (χ1) is 7.29. The molecule has 2 nitrogen and oxygen atoms in total. The molecule has 1 spiro atoms. The third-order valence-electron chi connectivity index (χ3n) is 4.84. The molecule has 2 heteroatoms. The summed E-state index contributed by atoms with van der Waals surface area (Å²) >= 11 is 0. The zero-order chi connectivity index (χ0) is 12.1. The molecule has 0 aromatic rings. The van der Waals surface area contributed by atoms with E-state index in [9.17, 15) is 9.59 Å². The van der Waals surface area contributed by atoms with Crippen LogP contribution in [0.25, 0.3) is 0 Å². The van der Waals surface area contributed by atoms with E-state index in [0.717, 1.165) is 19.3 Å². The quantitative estimate of drug-likeness (QED) is 0.683. The van der Waals surface area contributed by atoms with Crippen LogP contribution in [0, 0.1) is 22.7 Å². The Bertz CT molecular complexity index is 343. The molecule has 3 atom stereocenters. The van der Waals surface area contributed by atoms with Crippen LogP contribution < -0.4 is 0 Å². The molecule has 0 aromatic carbocycles. The Morgan fingerprint density at radius 2 is 2.00 bits per heavy atom. The highest BCUT2D eigenvalue weighted by Crippen LogP contribution is 2.61. The summed E-state index contributed by atoms with van der Waals surface area (Å²) in [5, 5.41) is 0. The highest BCUT2D eigenvalue weighted by molar-refractivity contribution is 5.94. The van der Waals surface area contributed by atoms with Crippen molar-refractivity contribution in [1.82, 2.24) is 0 Å². The summed E-state index contributed by atoms with van der Waals surface area (Å²) in [6.45, 7) is 8.19. The van der Waals surface area contributed by atoms with Crippen LogP contribution in [0.2, 0.25) is 0 Å². The highest BCUT2D eigenvalue weighted by Gasteiger charge is 2.61. The summed E-state index contributed by atoms with van der Waals surface area (Å²) in [7, 11) is 0. The fraction of sp³-hybridized carbons (Fsp3) is 0.857. The van der Waals surface area contributed by atoms with Gasteiger partial charge in [-0.05, 0) is 37.5 Å². The van der Waals surface area contributed by atoms with Gasteiger partial charge in [0.2, 0.25) is 0 Å². The van der Waals surface area contributed by atoms with Crippen molar-refractivity contribution in [2.45, 2.75) is 53.4 Å². The van der Waals surface area contributed by atoms with Gasteiger partial charge in [0, 0.05) is 17.8 Å². The van der Waals surface area contributed by atoms with Crippen LogP contribution >= 0.6 is 0 Å². The molecule has 2 aliphatic rings. The minimum atomic E-state index is -0.310. The standard InChI is InChI=1S/C14H22O2/c1-9-5-6-12(16)14(9)8-13(3,4)7-11(14)10(2)15/h9,11H,5-8H2,1-4H3/t9-,11-,14-/m1/s1. The molecule has 0 radical (unpaired) electrons. The second-order valence-corrected chi connectivity index (χ2v) is 6.61. The normalized spacial score (nSPS) is 41.9. The van der Waals surface area contributed by atoms with E-state index < -0.39 is 0 Å². The molecule has 16 heavy (non-hydrogen) atoms. The molecule has 0 aromatic heterocycles. The number of ketones is 2. The van der Waals surface area contributed by atoms with Gasteiger partial charge in [-0.15, -0.1) is 0 Å². The summed E-state index contributed by atoms with van der Waals surface area (Å²) < 4.78 is 0. The largest absolute Gasteiger partial charge is 0.300 e. The van der Waals surface area contributed by atoms with E-state index in [1.54, 1.807) is 6.92 Å². The first kappa shape index (κ1) is 11.8. The van der Waals surface area contributed by atoms with Crippen LogP contribution in [-0.4, -0.2) is 11.6 Å². The number of hydrogen-bond acceptors (Lipinski definition) is 2. The Hall–Kier alpha value is -0.660. The summed E-state index contributed by atoms with van der Waals surface area (Å²) in [5.74, 6) is 0.932. The molecule has 2 fully saturated rings. The zero-order valence-corrected chi connectivity index (χ0v) is 10.8. The molecular weight excluding hydrogens is 200 g/mol. The van der Waals surface area contributed by atoms with Gasteiger partial charge in [0.1, 0.15) is 11.6 Å². The molecule has 2 saturated carbocycles. The zero-order valence-electron chi connectivity index (χ0n) is 10.8. The van der Waals surface area contributed by atoms with E-state index in [0.29, 0.717) is 18.1 Å². The molecular formula is C14H22O2. The molecule has 0 saturated heterocycles. The van der Waals surface area contributed by atoms with Crippen LogP contribution in [0.15, 0.2) is 0 Å². The molecule has 90 valence electrons. The lowest BCUT2D eigenvalue weighted by Crippen LogP contribution is -2.38. The van der Waals surface area contributed by atoms with E-state index in [-0.39, 0.29) is 22.5 Å². The summed E-state index contributed by atoms with van der Waals surface area (Å²) in [4.78, 5) is 24.1. The van der Waals surface area contributed by atoms with Crippen LogP contribution in [-0.2, 0) is 9.59 Å². The molecule has 2 rings (SSSR count). The maximum absolute atomic E-state index is 12.3. The number of carbonyl (C=O) groups is 2. The lowest BCUT2D eigenvalue weighted by atomic mass is 9.68. The van der Waals surface area contributed by atoms with E-state index in [1.807, 2.05) is 0 Å². The van der Waals surface area contributed by atoms with Crippen molar-refractivity contribution in [2.75, 3.05) is 0 Å². The van der Waals surface area contributed by atoms with Crippen molar-refractivity contribution in [3.63, 3.8) is 0 Å². The van der Waals surface area contributed by atoms with Gasteiger partial charge in [-0.25, -0.2) is 0 Å². The van der Waals surface area contributed by atoms with Crippen LogP contribution in [0.4, 0.5) is 0 Å². The predicted molar refractivity (Wildman–Crippen MR) is 63.0 cm³/mol. The third-order valence-corrected chi connectivity index (χ3v) is 4.84. The fourth-order valence-electron chi connectivity index (χ4n) is 4.15. The summed E-state index contributed by atoms with van der Waals surface area (Å²) in [5.41, 5.74) is -0.167. The van der Waals surface area contributed by atoms with Crippen molar-refractivity contribution < 1.29 is 9.59 Å². The molecule has 0 N–H and O–H groups in total. The Kier molecular flexibility index (Phi) is 2.52. The topological polar surface area (TPSA) is 34.1 Å². The monoisotopic (exact) mass is 222 g/mol. The Morgan fingerprint density at radius 3 is 2.44 bits per heavy atom. The Morgan fingerprint density at radius 1 is 1.38 bits per heavy atom. The minimum absolute atomic E-state index is 0.0208. The van der Waals surface area contributed by atoms with Crippen LogP contribution in [0.3, 0.4) is 0 Å². The van der Waals surface area contributed by atoms with Gasteiger partial charge < -0.3 is 0 Å². The lowest BCUT2D eigenvalue weighted by molar-refractivity contribution is -0.136. The maximum Gasteiger partial charge on any atom is 0.140 e. The SMILES string of the molecule is CC(=O)[C@H]1CC(C)(C)C[C@]12C(=O)CC[C@H]2C. The Labute approximate surface area is 97.8 Å². The van der Waals surface area contributed by atoms with Crippen molar-refractivity contribution in [3.8, 4) is 0 Å². The van der Waals surface area contributed by atoms with Gasteiger partial charge in [0.15, 0.2) is 0 Å².